The van der Waals surface area contributed by atoms with Gasteiger partial charge in [-0.1, -0.05) is 6.07 Å². The fraction of sp³-hybridized carbons (Fsp3) is 0.200. The van der Waals surface area contributed by atoms with Crippen LogP contribution in [-0.4, -0.2) is 21.9 Å². The van der Waals surface area contributed by atoms with Gasteiger partial charge in [-0.25, -0.2) is 14.5 Å². The van der Waals surface area contributed by atoms with Crippen molar-refractivity contribution in [3.8, 4) is 11.4 Å². The van der Waals surface area contributed by atoms with Crippen molar-refractivity contribution in [3.05, 3.63) is 39.0 Å². The van der Waals surface area contributed by atoms with Gasteiger partial charge in [0, 0.05) is 0 Å². The lowest BCUT2D eigenvalue weighted by atomic mass is 10.2. The van der Waals surface area contributed by atoms with E-state index in [9.17, 15) is 4.79 Å². The Morgan fingerprint density at radius 2 is 2.12 bits per heavy atom. The molecule has 0 atom stereocenters. The molecule has 1 aromatic heterocycles. The van der Waals surface area contributed by atoms with E-state index in [2.05, 4.69) is 10.2 Å². The Labute approximate surface area is 96.7 Å². The zero-order valence-electron chi connectivity index (χ0n) is 8.90. The number of ether oxygens (including phenoxy) is 1. The second-order valence-electron chi connectivity index (χ2n) is 3.37. The summed E-state index contributed by atoms with van der Waals surface area (Å²) in [5.41, 5.74) is 1.35. The summed E-state index contributed by atoms with van der Waals surface area (Å²) in [4.78, 5) is 11.6. The van der Waals surface area contributed by atoms with Crippen LogP contribution >= 0.6 is 12.2 Å². The zero-order chi connectivity index (χ0) is 11.7. The molecule has 84 valence electrons. The molecular formula is C10H11N3O2S. The third-order valence-corrected chi connectivity index (χ3v) is 2.54. The lowest BCUT2D eigenvalue weighted by Gasteiger charge is -2.08. The molecule has 1 heterocycles. The van der Waals surface area contributed by atoms with Gasteiger partial charge in [0.2, 0.25) is 4.77 Å². The number of nitrogens with zero attached hydrogens (tertiary/aromatic N) is 1. The highest BCUT2D eigenvalue weighted by molar-refractivity contribution is 7.71. The van der Waals surface area contributed by atoms with Crippen LogP contribution in [0.1, 0.15) is 5.56 Å². The third-order valence-electron chi connectivity index (χ3n) is 2.26. The molecule has 0 bridgehead atoms. The van der Waals surface area contributed by atoms with Crippen molar-refractivity contribution in [2.45, 2.75) is 6.92 Å². The maximum Gasteiger partial charge on any atom is 0.347 e. The van der Waals surface area contributed by atoms with Crippen molar-refractivity contribution in [1.29, 1.82) is 0 Å². The summed E-state index contributed by atoms with van der Waals surface area (Å²) in [5, 5.41) is 5.02. The van der Waals surface area contributed by atoms with E-state index in [-0.39, 0.29) is 5.69 Å². The van der Waals surface area contributed by atoms with Crippen molar-refractivity contribution in [2.24, 2.45) is 0 Å². The molecule has 5 nitrogen and oxygen atoms in total. The Hall–Kier alpha value is -1.82. The van der Waals surface area contributed by atoms with E-state index in [0.717, 1.165) is 5.56 Å². The Morgan fingerprint density at radius 3 is 2.69 bits per heavy atom. The van der Waals surface area contributed by atoms with Gasteiger partial charge in [-0.05, 0) is 36.8 Å². The molecule has 16 heavy (non-hydrogen) atoms. The summed E-state index contributed by atoms with van der Waals surface area (Å²) in [6.07, 6.45) is 0. The first-order chi connectivity index (χ1) is 7.63. The largest absolute Gasteiger partial charge is 0.495 e. The summed E-state index contributed by atoms with van der Waals surface area (Å²) in [7, 11) is 1.55. The van der Waals surface area contributed by atoms with Gasteiger partial charge in [0.25, 0.3) is 0 Å². The topological polar surface area (TPSA) is 62.8 Å². The summed E-state index contributed by atoms with van der Waals surface area (Å²) < 4.78 is 6.88. The van der Waals surface area contributed by atoms with E-state index in [4.69, 9.17) is 17.0 Å². The average molecular weight is 237 g/mol. The van der Waals surface area contributed by atoms with E-state index in [1.165, 1.54) is 4.57 Å². The molecule has 0 aliphatic rings. The Kier molecular flexibility index (Phi) is 2.66. The molecule has 6 heteroatoms. The molecule has 0 saturated heterocycles. The van der Waals surface area contributed by atoms with Crippen LogP contribution in [0.2, 0.25) is 0 Å². The Bertz CT molecular complexity index is 596. The molecule has 0 fully saturated rings. The molecule has 0 aliphatic carbocycles. The van der Waals surface area contributed by atoms with Crippen LogP contribution in [0, 0.1) is 11.7 Å². The fourth-order valence-corrected chi connectivity index (χ4v) is 1.74. The van der Waals surface area contributed by atoms with E-state index in [0.29, 0.717) is 16.2 Å². The molecule has 0 spiro atoms. The molecule has 1 aromatic carbocycles. The van der Waals surface area contributed by atoms with E-state index >= 15 is 0 Å². The lowest BCUT2D eigenvalue weighted by molar-refractivity contribution is 0.412. The molecule has 0 aliphatic heterocycles. The number of methoxy groups -OCH3 is 1. The van der Waals surface area contributed by atoms with Gasteiger partial charge in [-0.2, -0.15) is 0 Å². The summed E-state index contributed by atoms with van der Waals surface area (Å²) in [6.45, 7) is 1.94. The highest BCUT2D eigenvalue weighted by atomic mass is 32.1. The number of benzene rings is 1. The van der Waals surface area contributed by atoms with E-state index in [1.807, 2.05) is 19.1 Å². The maximum absolute atomic E-state index is 11.6. The highest BCUT2D eigenvalue weighted by Gasteiger charge is 2.09. The van der Waals surface area contributed by atoms with Crippen molar-refractivity contribution in [2.75, 3.05) is 7.11 Å². The van der Waals surface area contributed by atoms with Crippen molar-refractivity contribution in [3.63, 3.8) is 0 Å². The molecule has 2 rings (SSSR count). The van der Waals surface area contributed by atoms with Gasteiger partial charge in [-0.15, -0.1) is 0 Å². The summed E-state index contributed by atoms with van der Waals surface area (Å²) in [5.74, 6) is 0.604. The molecule has 0 radical (unpaired) electrons. The minimum Gasteiger partial charge on any atom is -0.495 e. The van der Waals surface area contributed by atoms with E-state index in [1.54, 1.807) is 13.2 Å². The first-order valence-electron chi connectivity index (χ1n) is 4.68. The molecule has 0 unspecified atom stereocenters. The number of nitrogens with one attached hydrogen (secondary N) is 2. The van der Waals surface area contributed by atoms with Gasteiger partial charge >= 0.3 is 5.69 Å². The number of hydrogen-bond acceptors (Lipinski definition) is 3. The highest BCUT2D eigenvalue weighted by Crippen LogP contribution is 2.22. The van der Waals surface area contributed by atoms with Crippen LogP contribution in [0.3, 0.4) is 0 Å². The molecular weight excluding hydrogens is 226 g/mol. The number of aryl methyl sites for hydroxylation is 1. The SMILES string of the molecule is COc1ccc(C)cc1-n1c(=O)[nH][nH]c1=S. The molecule has 0 saturated carbocycles. The first-order valence-corrected chi connectivity index (χ1v) is 5.09. The average Bonchev–Trinajstić information content (AvgIpc) is 2.58. The second-order valence-corrected chi connectivity index (χ2v) is 3.76. The molecule has 0 amide bonds. The standard InChI is InChI=1S/C10H11N3O2S/c1-6-3-4-8(15-2)7(5-6)13-9(14)11-12-10(13)16/h3-5H,1-2H3,(H,11,14)(H,12,16). The van der Waals surface area contributed by atoms with E-state index < -0.39 is 0 Å². The Balaban J connectivity index is 2.77. The first kappa shape index (κ1) is 10.7. The van der Waals surface area contributed by atoms with Gasteiger partial charge < -0.3 is 4.74 Å². The monoisotopic (exact) mass is 237 g/mol. The quantitative estimate of drug-likeness (QED) is 0.779. The lowest BCUT2D eigenvalue weighted by Crippen LogP contribution is -2.15. The minimum atomic E-state index is -0.311. The van der Waals surface area contributed by atoms with Gasteiger partial charge in [0.1, 0.15) is 5.75 Å². The minimum absolute atomic E-state index is 0.311. The Morgan fingerprint density at radius 1 is 1.38 bits per heavy atom. The van der Waals surface area contributed by atoms with Crippen LogP contribution in [0.5, 0.6) is 5.75 Å². The van der Waals surface area contributed by atoms with Crippen LogP contribution in [-0.2, 0) is 0 Å². The summed E-state index contributed by atoms with van der Waals surface area (Å²) >= 11 is 5.03. The molecule has 2 N–H and O–H groups in total. The number of hydrogen-bond donors (Lipinski definition) is 2. The number of H-pyrrole nitrogens is 2. The predicted molar refractivity (Wildman–Crippen MR) is 62.9 cm³/mol. The van der Waals surface area contributed by atoms with Crippen molar-refractivity contribution < 1.29 is 4.74 Å². The smallest absolute Gasteiger partial charge is 0.347 e. The number of aromatic amines is 2. The van der Waals surface area contributed by atoms with Crippen LogP contribution < -0.4 is 10.4 Å². The van der Waals surface area contributed by atoms with Crippen LogP contribution in [0.15, 0.2) is 23.0 Å². The van der Waals surface area contributed by atoms with Gasteiger partial charge in [-0.3, -0.25) is 5.10 Å². The number of aromatic nitrogens is 3. The van der Waals surface area contributed by atoms with Crippen LogP contribution in [0.25, 0.3) is 5.69 Å². The normalized spacial score (nSPS) is 10.4. The predicted octanol–water partition coefficient (Wildman–Crippen LogP) is 1.54. The second kappa shape index (κ2) is 3.97. The maximum atomic E-state index is 11.6. The molecule has 2 aromatic rings. The van der Waals surface area contributed by atoms with Crippen molar-refractivity contribution in [1.82, 2.24) is 14.8 Å². The number of rotatable bonds is 2. The fourth-order valence-electron chi connectivity index (χ4n) is 1.50. The zero-order valence-corrected chi connectivity index (χ0v) is 9.72. The van der Waals surface area contributed by atoms with Crippen LogP contribution in [0.4, 0.5) is 0 Å². The third kappa shape index (κ3) is 1.67. The van der Waals surface area contributed by atoms with Gasteiger partial charge in [0.15, 0.2) is 0 Å². The van der Waals surface area contributed by atoms with Gasteiger partial charge in [0.05, 0.1) is 12.8 Å². The summed E-state index contributed by atoms with van der Waals surface area (Å²) in [6, 6.07) is 5.56. The van der Waals surface area contributed by atoms with Crippen molar-refractivity contribution >= 4 is 12.2 Å².